The Morgan fingerprint density at radius 3 is 0.909 bits per heavy atom. The van der Waals surface area contributed by atoms with E-state index in [-0.39, 0.29) is 6.07 Å². The van der Waals surface area contributed by atoms with Gasteiger partial charge in [-0.3, -0.25) is 0 Å². The topological polar surface area (TPSA) is 56.5 Å². The van der Waals surface area contributed by atoms with Crippen LogP contribution in [0.4, 0.5) is 114 Å². The molecule has 1 heterocycles. The normalized spacial score (nSPS) is 15.3. The van der Waals surface area contributed by atoms with Crippen LogP contribution in [0.2, 0.25) is 0 Å². The lowest BCUT2D eigenvalue weighted by molar-refractivity contribution is -0.671. The van der Waals surface area contributed by atoms with Gasteiger partial charge in [0, 0.05) is 0 Å². The molecule has 5 nitrogen and oxygen atoms in total. The molecule has 31 heteroatoms. The van der Waals surface area contributed by atoms with Crippen LogP contribution in [0.15, 0.2) is 18.5 Å². The Hall–Kier alpha value is -3.73. The molecule has 1 aromatic rings. The highest BCUT2D eigenvalue weighted by molar-refractivity contribution is 5.94. The molecule has 0 spiro atoms. The second-order valence-corrected chi connectivity index (χ2v) is 10.8. The van der Waals surface area contributed by atoms with Gasteiger partial charge in [-0.2, -0.15) is 114 Å². The van der Waals surface area contributed by atoms with E-state index >= 15 is 0 Å². The van der Waals surface area contributed by atoms with Crippen LogP contribution in [-0.4, -0.2) is 96.7 Å². The summed E-state index contributed by atoms with van der Waals surface area (Å²) >= 11 is 0. The highest BCUT2D eigenvalue weighted by Crippen LogP contribution is 2.62. The highest BCUT2D eigenvalue weighted by atomic mass is 19.4. The Kier molecular flexibility index (Phi) is 12.8. The van der Waals surface area contributed by atoms with Crippen molar-refractivity contribution in [3.05, 3.63) is 29.6 Å². The standard InChI is InChI=1S/C24H14F26NO4/c1-51-7-9(11(52)54-4-2-13(25,26)15(29,30)17(33,34)19(37,38)21(41,42)23(45,46)47)6-10(8-51)12(53)55-5-3-14(27,28)16(31,32)18(35,36)20(39,40)22(43,44)24(48,49)50/h6-8H,2-5H2,1H3/q+1. The first-order valence-corrected chi connectivity index (χ1v) is 13.1. The molecule has 1 aromatic heterocycles. The zero-order valence-electron chi connectivity index (χ0n) is 25.5. The van der Waals surface area contributed by atoms with E-state index < -0.39 is 121 Å². The highest BCUT2D eigenvalue weighted by Gasteiger charge is 2.92. The lowest BCUT2D eigenvalue weighted by atomic mass is 9.93. The number of hydrogen-bond donors (Lipinski definition) is 0. The number of hydrogen-bond acceptors (Lipinski definition) is 4. The lowest BCUT2D eigenvalue weighted by Gasteiger charge is -2.39. The van der Waals surface area contributed by atoms with Crippen LogP contribution in [0.1, 0.15) is 33.6 Å². The van der Waals surface area contributed by atoms with Crippen LogP contribution >= 0.6 is 0 Å². The van der Waals surface area contributed by atoms with Gasteiger partial charge < -0.3 is 9.47 Å². The van der Waals surface area contributed by atoms with E-state index in [0.29, 0.717) is 17.0 Å². The van der Waals surface area contributed by atoms with Crippen molar-refractivity contribution in [2.24, 2.45) is 7.05 Å². The second-order valence-electron chi connectivity index (χ2n) is 10.8. The first kappa shape index (κ1) is 49.3. The lowest BCUT2D eigenvalue weighted by Crippen LogP contribution is -2.70. The van der Waals surface area contributed by atoms with Crippen molar-refractivity contribution in [1.82, 2.24) is 0 Å². The third kappa shape index (κ3) is 8.10. The summed E-state index contributed by atoms with van der Waals surface area (Å²) in [5, 5.41) is 0. The molecule has 0 saturated heterocycles. The molecular formula is C24H14F26NO4+. The minimum atomic E-state index is -8.24. The summed E-state index contributed by atoms with van der Waals surface area (Å²) in [6.07, 6.45) is -20.6. The van der Waals surface area contributed by atoms with Gasteiger partial charge in [0.1, 0.15) is 18.2 Å². The van der Waals surface area contributed by atoms with Crippen LogP contribution in [0, 0.1) is 0 Å². The molecule has 0 unspecified atom stereocenters. The molecule has 320 valence electrons. The maximum absolute atomic E-state index is 13.9. The predicted molar refractivity (Wildman–Crippen MR) is 119 cm³/mol. The first-order chi connectivity index (χ1) is 23.9. The summed E-state index contributed by atoms with van der Waals surface area (Å²) < 4.78 is 351. The van der Waals surface area contributed by atoms with Gasteiger partial charge in [-0.15, -0.1) is 0 Å². The van der Waals surface area contributed by atoms with E-state index in [9.17, 15) is 124 Å². The molecule has 0 amide bonds. The zero-order valence-corrected chi connectivity index (χ0v) is 25.5. The molecule has 0 aliphatic heterocycles. The summed E-state index contributed by atoms with van der Waals surface area (Å²) in [5.41, 5.74) is -2.39. The van der Waals surface area contributed by atoms with E-state index in [0.717, 1.165) is 7.05 Å². The Morgan fingerprint density at radius 2 is 0.673 bits per heavy atom. The van der Waals surface area contributed by atoms with Crippen LogP contribution in [0.3, 0.4) is 0 Å². The van der Waals surface area contributed by atoms with Crippen molar-refractivity contribution < 1.29 is 138 Å². The number of carbonyl (C=O) groups excluding carboxylic acids is 2. The fourth-order valence-electron chi connectivity index (χ4n) is 3.57. The number of halogens is 26. The van der Waals surface area contributed by atoms with Gasteiger partial charge in [0.05, 0.1) is 26.1 Å². The van der Waals surface area contributed by atoms with Gasteiger partial charge in [-0.1, -0.05) is 0 Å². The third-order valence-corrected chi connectivity index (χ3v) is 6.76. The fourth-order valence-corrected chi connectivity index (χ4v) is 3.57. The molecule has 0 aliphatic rings. The molecule has 0 aliphatic carbocycles. The van der Waals surface area contributed by atoms with E-state index in [2.05, 4.69) is 9.47 Å². The molecule has 0 N–H and O–H groups in total. The van der Waals surface area contributed by atoms with Crippen LogP contribution in [-0.2, 0) is 16.5 Å². The molecule has 55 heavy (non-hydrogen) atoms. The van der Waals surface area contributed by atoms with Gasteiger partial charge in [-0.25, -0.2) is 14.2 Å². The van der Waals surface area contributed by atoms with E-state index in [1.165, 1.54) is 0 Å². The molecule has 0 aromatic carbocycles. The average molecular weight is 874 g/mol. The van der Waals surface area contributed by atoms with Crippen molar-refractivity contribution in [2.45, 2.75) is 84.4 Å². The van der Waals surface area contributed by atoms with Gasteiger partial charge in [-0.05, 0) is 6.07 Å². The number of nitrogens with zero attached hydrogens (tertiary/aromatic N) is 1. The molecule has 0 fully saturated rings. The third-order valence-electron chi connectivity index (χ3n) is 6.76. The zero-order chi connectivity index (χ0) is 44.3. The number of rotatable bonds is 16. The Labute approximate surface area is 285 Å². The number of aromatic nitrogens is 1. The van der Waals surface area contributed by atoms with Gasteiger partial charge in [0.15, 0.2) is 12.4 Å². The van der Waals surface area contributed by atoms with Crippen molar-refractivity contribution in [1.29, 1.82) is 0 Å². The van der Waals surface area contributed by atoms with E-state index in [1.54, 1.807) is 0 Å². The largest absolute Gasteiger partial charge is 0.462 e. The SMILES string of the molecule is C[n+]1cc(C(=O)OCCC(F)(F)C(F)(F)C(F)(F)C(F)(F)C(F)(F)C(F)(F)F)cc(C(=O)OCCC(F)(F)C(F)(F)C(F)(F)C(F)(F)C(F)(F)C(F)(F)F)c1. The van der Waals surface area contributed by atoms with Crippen molar-refractivity contribution >= 4 is 11.9 Å². The van der Waals surface area contributed by atoms with Crippen LogP contribution < -0.4 is 4.57 Å². The second kappa shape index (κ2) is 14.3. The summed E-state index contributed by atoms with van der Waals surface area (Å²) in [4.78, 5) is 24.2. The number of carbonyl (C=O) groups is 2. The fraction of sp³-hybridized carbons (Fsp3) is 0.708. The van der Waals surface area contributed by atoms with Gasteiger partial charge >= 0.3 is 83.5 Å². The van der Waals surface area contributed by atoms with Crippen LogP contribution in [0.5, 0.6) is 0 Å². The van der Waals surface area contributed by atoms with Gasteiger partial charge in [0.2, 0.25) is 0 Å². The molecule has 0 atom stereocenters. The Morgan fingerprint density at radius 1 is 0.436 bits per heavy atom. The first-order valence-electron chi connectivity index (χ1n) is 13.1. The average Bonchev–Trinajstić information content (AvgIpc) is 2.98. The van der Waals surface area contributed by atoms with Crippen molar-refractivity contribution in [3.8, 4) is 0 Å². The minimum Gasteiger partial charge on any atom is -0.462 e. The molecule has 1 rings (SSSR count). The maximum atomic E-state index is 13.9. The van der Waals surface area contributed by atoms with Crippen molar-refractivity contribution in [3.63, 3.8) is 0 Å². The molecular weight excluding hydrogens is 860 g/mol. The Bertz CT molecular complexity index is 1450. The van der Waals surface area contributed by atoms with E-state index in [4.69, 9.17) is 0 Å². The number of pyridine rings is 1. The summed E-state index contributed by atoms with van der Waals surface area (Å²) in [6.45, 7) is -4.61. The minimum absolute atomic E-state index is 0.117. The molecule has 0 saturated carbocycles. The summed E-state index contributed by atoms with van der Waals surface area (Å²) in [5.74, 6) is -82.1. The smallest absolute Gasteiger partial charge is 0.460 e. The van der Waals surface area contributed by atoms with Crippen molar-refractivity contribution in [2.75, 3.05) is 13.2 Å². The molecule has 0 radical (unpaired) electrons. The Balaban J connectivity index is 3.14. The number of ether oxygens (including phenoxy) is 2. The summed E-state index contributed by atoms with van der Waals surface area (Å²) in [7, 11) is 0.787. The van der Waals surface area contributed by atoms with E-state index in [1.807, 2.05) is 0 Å². The van der Waals surface area contributed by atoms with Gasteiger partial charge in [0.25, 0.3) is 0 Å². The summed E-state index contributed by atoms with van der Waals surface area (Å²) in [6, 6.07) is 0.117. The molecule has 0 bridgehead atoms. The predicted octanol–water partition coefficient (Wildman–Crippen LogP) is 9.08. The van der Waals surface area contributed by atoms with Crippen LogP contribution in [0.25, 0.3) is 0 Å². The number of aryl methyl sites for hydroxylation is 1. The quantitative estimate of drug-likeness (QED) is 0.0946. The monoisotopic (exact) mass is 874 g/mol. The number of esters is 2. The number of alkyl halides is 26. The maximum Gasteiger partial charge on any atom is 0.460 e.